The lowest BCUT2D eigenvalue weighted by Gasteiger charge is -2.09. The monoisotopic (exact) mass is 296 g/mol. The molecular formula is C18H20N2O2. The third-order valence-electron chi connectivity index (χ3n) is 4.34. The van der Waals surface area contributed by atoms with E-state index in [0.717, 1.165) is 48.7 Å². The van der Waals surface area contributed by atoms with Gasteiger partial charge in [0.2, 0.25) is 0 Å². The van der Waals surface area contributed by atoms with Crippen LogP contribution in [0.4, 0.5) is 0 Å². The van der Waals surface area contributed by atoms with E-state index in [2.05, 4.69) is 16.7 Å². The van der Waals surface area contributed by atoms with Crippen LogP contribution in [0.25, 0.3) is 10.9 Å². The molecule has 0 amide bonds. The summed E-state index contributed by atoms with van der Waals surface area (Å²) in [7, 11) is 0. The molecule has 0 radical (unpaired) electrons. The highest BCUT2D eigenvalue weighted by molar-refractivity contribution is 5.91. The van der Waals surface area contributed by atoms with Crippen LogP contribution >= 0.6 is 0 Å². The lowest BCUT2D eigenvalue weighted by Crippen LogP contribution is -2.07. The summed E-state index contributed by atoms with van der Waals surface area (Å²) in [5, 5.41) is 10.5. The number of fused-ring (bicyclic) bond motifs is 3. The van der Waals surface area contributed by atoms with Crippen molar-refractivity contribution in [3.05, 3.63) is 35.0 Å². The second kappa shape index (κ2) is 6.23. The smallest absolute Gasteiger partial charge is 0.305 e. The van der Waals surface area contributed by atoms with Gasteiger partial charge in [0.25, 0.3) is 0 Å². The zero-order valence-corrected chi connectivity index (χ0v) is 12.9. The van der Waals surface area contributed by atoms with Crippen LogP contribution in [-0.2, 0) is 28.9 Å². The molecule has 1 aromatic heterocycles. The summed E-state index contributed by atoms with van der Waals surface area (Å²) >= 11 is 0. The SMILES string of the molecule is CCOC(=O)CCCn1c2c(c3c(C#N)cccc31)CCC2. The van der Waals surface area contributed by atoms with Gasteiger partial charge in [-0.1, -0.05) is 6.07 Å². The molecule has 4 nitrogen and oxygen atoms in total. The standard InChI is InChI=1S/C18H20N2O2/c1-2-22-17(21)10-5-11-20-15-8-4-7-14(15)18-13(12-19)6-3-9-16(18)20/h3,6,9H,2,4-5,7-8,10-11H2,1H3. The van der Waals surface area contributed by atoms with Gasteiger partial charge in [-0.15, -0.1) is 0 Å². The van der Waals surface area contributed by atoms with Crippen molar-refractivity contribution in [2.24, 2.45) is 0 Å². The number of carbonyl (C=O) groups excluding carboxylic acids is 1. The first-order valence-corrected chi connectivity index (χ1v) is 7.95. The fraction of sp³-hybridized carbons (Fsp3) is 0.444. The van der Waals surface area contributed by atoms with Gasteiger partial charge in [0.05, 0.1) is 18.2 Å². The van der Waals surface area contributed by atoms with Gasteiger partial charge < -0.3 is 9.30 Å². The summed E-state index contributed by atoms with van der Waals surface area (Å²) in [5.41, 5.74) is 4.58. The Morgan fingerprint density at radius 2 is 2.27 bits per heavy atom. The minimum atomic E-state index is -0.131. The largest absolute Gasteiger partial charge is 0.466 e. The Morgan fingerprint density at radius 1 is 1.41 bits per heavy atom. The number of aromatic nitrogens is 1. The first-order chi connectivity index (χ1) is 10.8. The third kappa shape index (κ3) is 2.48. The molecule has 0 fully saturated rings. The van der Waals surface area contributed by atoms with Crippen LogP contribution in [0, 0.1) is 11.3 Å². The first kappa shape index (κ1) is 14.6. The Balaban J connectivity index is 1.90. The number of nitrogens with zero attached hydrogens (tertiary/aromatic N) is 2. The number of rotatable bonds is 5. The van der Waals surface area contributed by atoms with Crippen molar-refractivity contribution in [2.75, 3.05) is 6.61 Å². The maximum absolute atomic E-state index is 11.5. The predicted molar refractivity (Wildman–Crippen MR) is 84.5 cm³/mol. The molecule has 114 valence electrons. The van der Waals surface area contributed by atoms with E-state index in [9.17, 15) is 10.1 Å². The van der Waals surface area contributed by atoms with Crippen molar-refractivity contribution in [1.82, 2.24) is 4.57 Å². The average molecular weight is 296 g/mol. The van der Waals surface area contributed by atoms with Gasteiger partial charge >= 0.3 is 5.97 Å². The second-order valence-corrected chi connectivity index (χ2v) is 5.65. The molecule has 0 N–H and O–H groups in total. The van der Waals surface area contributed by atoms with Crippen LogP contribution in [-0.4, -0.2) is 17.1 Å². The van der Waals surface area contributed by atoms with Crippen molar-refractivity contribution in [3.63, 3.8) is 0 Å². The van der Waals surface area contributed by atoms with Crippen molar-refractivity contribution >= 4 is 16.9 Å². The van der Waals surface area contributed by atoms with E-state index in [1.807, 2.05) is 19.1 Å². The molecule has 0 saturated heterocycles. The highest BCUT2D eigenvalue weighted by Gasteiger charge is 2.23. The molecule has 0 bridgehead atoms. The van der Waals surface area contributed by atoms with E-state index in [1.165, 1.54) is 11.3 Å². The van der Waals surface area contributed by atoms with Crippen molar-refractivity contribution < 1.29 is 9.53 Å². The van der Waals surface area contributed by atoms with Gasteiger partial charge in [-0.05, 0) is 50.3 Å². The Morgan fingerprint density at radius 3 is 3.05 bits per heavy atom. The van der Waals surface area contributed by atoms with Crippen LogP contribution in [0.5, 0.6) is 0 Å². The maximum Gasteiger partial charge on any atom is 0.305 e. The summed E-state index contributed by atoms with van der Waals surface area (Å²) in [5.74, 6) is -0.131. The van der Waals surface area contributed by atoms with E-state index in [0.29, 0.717) is 13.0 Å². The Labute approximate surface area is 130 Å². The van der Waals surface area contributed by atoms with E-state index in [4.69, 9.17) is 4.74 Å². The Bertz CT molecular complexity index is 753. The van der Waals surface area contributed by atoms with Crippen LogP contribution in [0.1, 0.15) is 43.0 Å². The van der Waals surface area contributed by atoms with Gasteiger partial charge in [0.1, 0.15) is 0 Å². The molecular weight excluding hydrogens is 276 g/mol. The fourth-order valence-corrected chi connectivity index (χ4v) is 3.49. The lowest BCUT2D eigenvalue weighted by atomic mass is 10.1. The summed E-state index contributed by atoms with van der Waals surface area (Å²) in [4.78, 5) is 11.5. The molecule has 4 heteroatoms. The molecule has 22 heavy (non-hydrogen) atoms. The zero-order chi connectivity index (χ0) is 15.5. The topological polar surface area (TPSA) is 55.0 Å². The number of aryl methyl sites for hydroxylation is 2. The predicted octanol–water partition coefficient (Wildman–Crippen LogP) is 3.34. The summed E-state index contributed by atoms with van der Waals surface area (Å²) in [6.07, 6.45) is 4.48. The molecule has 1 aliphatic rings. The van der Waals surface area contributed by atoms with Crippen molar-refractivity contribution in [1.29, 1.82) is 5.26 Å². The van der Waals surface area contributed by atoms with Crippen LogP contribution in [0.15, 0.2) is 18.2 Å². The quantitative estimate of drug-likeness (QED) is 0.795. The van der Waals surface area contributed by atoms with Gasteiger partial charge in [-0.25, -0.2) is 0 Å². The molecule has 0 aliphatic heterocycles. The number of carbonyl (C=O) groups is 1. The van der Waals surface area contributed by atoms with Crippen LogP contribution < -0.4 is 0 Å². The van der Waals surface area contributed by atoms with Gasteiger partial charge in [-0.3, -0.25) is 4.79 Å². The molecule has 1 aliphatic carbocycles. The molecule has 1 aromatic carbocycles. The van der Waals surface area contributed by atoms with Gasteiger partial charge in [-0.2, -0.15) is 5.26 Å². The molecule has 3 rings (SSSR count). The van der Waals surface area contributed by atoms with E-state index >= 15 is 0 Å². The van der Waals surface area contributed by atoms with E-state index in [-0.39, 0.29) is 5.97 Å². The maximum atomic E-state index is 11.5. The summed E-state index contributed by atoms with van der Waals surface area (Å²) in [6, 6.07) is 8.23. The molecule has 1 heterocycles. The Kier molecular flexibility index (Phi) is 4.15. The minimum Gasteiger partial charge on any atom is -0.466 e. The molecule has 0 atom stereocenters. The van der Waals surface area contributed by atoms with Crippen LogP contribution in [0.3, 0.4) is 0 Å². The fourth-order valence-electron chi connectivity index (χ4n) is 3.49. The molecule has 0 unspecified atom stereocenters. The van der Waals surface area contributed by atoms with Crippen LogP contribution in [0.2, 0.25) is 0 Å². The first-order valence-electron chi connectivity index (χ1n) is 7.95. The Hall–Kier alpha value is -2.28. The number of esters is 1. The van der Waals surface area contributed by atoms with Crippen molar-refractivity contribution in [2.45, 2.75) is 45.6 Å². The minimum absolute atomic E-state index is 0.131. The summed E-state index contributed by atoms with van der Waals surface area (Å²) < 4.78 is 7.29. The van der Waals surface area contributed by atoms with Gasteiger partial charge in [0.15, 0.2) is 0 Å². The number of hydrogen-bond acceptors (Lipinski definition) is 3. The second-order valence-electron chi connectivity index (χ2n) is 5.65. The molecule has 2 aromatic rings. The van der Waals surface area contributed by atoms with Gasteiger partial charge in [0, 0.05) is 29.6 Å². The molecule has 0 saturated carbocycles. The summed E-state index contributed by atoms with van der Waals surface area (Å²) in [6.45, 7) is 3.07. The number of ether oxygens (including phenoxy) is 1. The zero-order valence-electron chi connectivity index (χ0n) is 12.9. The normalized spacial score (nSPS) is 13.1. The average Bonchev–Trinajstić information content (AvgIpc) is 3.09. The van der Waals surface area contributed by atoms with Crippen molar-refractivity contribution in [3.8, 4) is 6.07 Å². The third-order valence-corrected chi connectivity index (χ3v) is 4.34. The number of nitriles is 1. The lowest BCUT2D eigenvalue weighted by molar-refractivity contribution is -0.143. The van der Waals surface area contributed by atoms with E-state index < -0.39 is 0 Å². The van der Waals surface area contributed by atoms with E-state index in [1.54, 1.807) is 0 Å². The number of hydrogen-bond donors (Lipinski definition) is 0. The molecule has 0 spiro atoms. The highest BCUT2D eigenvalue weighted by Crippen LogP contribution is 2.35. The highest BCUT2D eigenvalue weighted by atomic mass is 16.5. The number of benzene rings is 1.